The van der Waals surface area contributed by atoms with Crippen LogP contribution in [-0.2, 0) is 33.9 Å². The smallest absolute Gasteiger partial charge is 0.265 e. The molecule has 220 valence electrons. The summed E-state index contributed by atoms with van der Waals surface area (Å²) in [4.78, 5) is 35.8. The molecule has 6 rings (SSSR count). The zero-order chi connectivity index (χ0) is 30.2. The third kappa shape index (κ3) is 6.07. The molecule has 0 spiro atoms. The molecule has 1 aromatic heterocycles. The Hall–Kier alpha value is -3.72. The maximum absolute atomic E-state index is 14.5. The van der Waals surface area contributed by atoms with E-state index in [2.05, 4.69) is 29.1 Å². The van der Waals surface area contributed by atoms with Crippen molar-refractivity contribution in [2.75, 3.05) is 24.7 Å². The fourth-order valence-corrected chi connectivity index (χ4v) is 5.80. The summed E-state index contributed by atoms with van der Waals surface area (Å²) in [5, 5.41) is 2.05. The summed E-state index contributed by atoms with van der Waals surface area (Å²) in [6.07, 6.45) is 6.22. The van der Waals surface area contributed by atoms with E-state index in [1.807, 2.05) is 42.7 Å². The van der Waals surface area contributed by atoms with E-state index < -0.39 is 11.2 Å². The Kier molecular flexibility index (Phi) is 8.16. The van der Waals surface area contributed by atoms with Gasteiger partial charge in [0.05, 0.1) is 30.8 Å². The van der Waals surface area contributed by atoms with Crippen LogP contribution in [-0.4, -0.2) is 45.6 Å². The number of halogens is 2. The number of nitrogens with zero attached hydrogens (tertiary/aromatic N) is 5. The number of carbonyl (C=O) groups is 2. The van der Waals surface area contributed by atoms with Crippen LogP contribution in [0.25, 0.3) is 0 Å². The summed E-state index contributed by atoms with van der Waals surface area (Å²) in [7, 11) is 0. The lowest BCUT2D eigenvalue weighted by atomic mass is 9.92. The van der Waals surface area contributed by atoms with Crippen molar-refractivity contribution in [2.24, 2.45) is 15.8 Å². The van der Waals surface area contributed by atoms with Crippen LogP contribution in [0.1, 0.15) is 39.1 Å². The van der Waals surface area contributed by atoms with Crippen molar-refractivity contribution in [1.29, 1.82) is 0 Å². The highest BCUT2D eigenvalue weighted by Gasteiger charge is 2.40. The van der Waals surface area contributed by atoms with Crippen LogP contribution in [0.3, 0.4) is 0 Å². The lowest BCUT2D eigenvalue weighted by molar-refractivity contribution is -0.165. The van der Waals surface area contributed by atoms with Crippen LogP contribution in [0.15, 0.2) is 41.4 Å². The van der Waals surface area contributed by atoms with Crippen molar-refractivity contribution in [3.63, 3.8) is 0 Å². The van der Waals surface area contributed by atoms with Crippen molar-refractivity contribution in [1.82, 2.24) is 14.0 Å². The fourth-order valence-electron chi connectivity index (χ4n) is 4.84. The molecule has 2 amide bonds. The number of benzene rings is 2. The third-order valence-corrected chi connectivity index (χ3v) is 8.24. The molecule has 3 aliphatic rings. The number of hydroxylamine groups is 2. The lowest BCUT2D eigenvalue weighted by Crippen LogP contribution is -2.39. The van der Waals surface area contributed by atoms with Crippen molar-refractivity contribution in [3.8, 4) is 18.1 Å². The van der Waals surface area contributed by atoms with Crippen molar-refractivity contribution >= 4 is 46.3 Å². The zero-order valence-electron chi connectivity index (χ0n) is 23.8. The zero-order valence-corrected chi connectivity index (χ0v) is 25.4. The first kappa shape index (κ1) is 29.8. The van der Waals surface area contributed by atoms with Gasteiger partial charge in [-0.3, -0.25) is 19.3 Å². The van der Waals surface area contributed by atoms with E-state index in [9.17, 15) is 14.0 Å². The van der Waals surface area contributed by atoms with Gasteiger partial charge in [0, 0.05) is 35.6 Å². The summed E-state index contributed by atoms with van der Waals surface area (Å²) < 4.78 is 26.3. The second-order valence-corrected chi connectivity index (χ2v) is 12.9. The van der Waals surface area contributed by atoms with Crippen molar-refractivity contribution < 1.29 is 23.6 Å². The summed E-state index contributed by atoms with van der Waals surface area (Å²) in [5.41, 5.74) is 1.15. The Balaban J connectivity index is 0.000000189. The molecule has 0 saturated carbocycles. The molecular formula is C30H31ClFN5O4S. The summed E-state index contributed by atoms with van der Waals surface area (Å²) in [6, 6.07) is 10.2. The minimum Gasteiger partial charge on any atom is -0.481 e. The number of amides is 2. The first-order valence-electron chi connectivity index (χ1n) is 13.4. The minimum atomic E-state index is -0.515. The predicted molar refractivity (Wildman–Crippen MR) is 158 cm³/mol. The maximum Gasteiger partial charge on any atom is 0.265 e. The number of ether oxygens (including phenoxy) is 1. The van der Waals surface area contributed by atoms with Gasteiger partial charge in [0.25, 0.3) is 11.8 Å². The highest BCUT2D eigenvalue weighted by atomic mass is 35.5. The molecule has 4 heterocycles. The normalized spacial score (nSPS) is 18.6. The molecule has 0 N–H and O–H groups in total. The van der Waals surface area contributed by atoms with Gasteiger partial charge >= 0.3 is 0 Å². The van der Waals surface area contributed by atoms with Crippen LogP contribution >= 0.6 is 23.1 Å². The summed E-state index contributed by atoms with van der Waals surface area (Å²) >= 11 is 7.27. The van der Waals surface area contributed by atoms with Gasteiger partial charge in [-0.1, -0.05) is 49.6 Å². The molecule has 0 aliphatic carbocycles. The van der Waals surface area contributed by atoms with Gasteiger partial charge in [-0.15, -0.1) is 6.42 Å². The Bertz CT molecular complexity index is 1660. The highest BCUT2D eigenvalue weighted by Crippen LogP contribution is 2.37. The molecule has 0 atom stereocenters. The van der Waals surface area contributed by atoms with Gasteiger partial charge in [-0.25, -0.2) is 14.4 Å². The molecule has 3 aromatic rings. The monoisotopic (exact) mass is 611 g/mol. The van der Waals surface area contributed by atoms with Gasteiger partial charge in [0.15, 0.2) is 12.4 Å². The fraction of sp³-hybridized carbons (Fsp3) is 0.400. The number of terminal acetylenes is 1. The SMILES string of the molecule is C#CCN1C(=O)COc2cc(F)c(/N=c3\snc4n3CC(C)(C)C4)cc21.CC1(C)CON(Cc2ccccc2Cl)C1=O. The van der Waals surface area contributed by atoms with E-state index in [1.54, 1.807) is 0 Å². The molecule has 42 heavy (non-hydrogen) atoms. The summed E-state index contributed by atoms with van der Waals surface area (Å²) in [6.45, 7) is 9.64. The molecule has 3 aliphatic heterocycles. The first-order chi connectivity index (χ1) is 19.9. The predicted octanol–water partition coefficient (Wildman–Crippen LogP) is 4.90. The molecule has 1 fully saturated rings. The van der Waals surface area contributed by atoms with E-state index in [-0.39, 0.29) is 36.1 Å². The number of hydrogen-bond donors (Lipinski definition) is 0. The highest BCUT2D eigenvalue weighted by molar-refractivity contribution is 7.02. The van der Waals surface area contributed by atoms with Gasteiger partial charge in [-0.05, 0) is 37.0 Å². The second kappa shape index (κ2) is 11.5. The molecule has 9 nitrogen and oxygen atoms in total. The quantitative estimate of drug-likeness (QED) is 0.392. The Morgan fingerprint density at radius 3 is 2.67 bits per heavy atom. The standard InChI is InChI=1S/C18H17FN4O2S.C12H14ClNO2/c1-4-5-22-13-7-12(11(19)6-14(13)25-9-16(22)24)20-17-23-10-18(2,3)8-15(23)21-26-17;1-12(2)8-16-14(11(12)15)7-9-5-3-4-6-10(9)13/h1,6-7H,5,8-10H2,2-3H3;3-6H,7-8H2,1-2H3/b20-17-;. The van der Waals surface area contributed by atoms with Crippen molar-refractivity contribution in [3.05, 3.63) is 63.4 Å². The van der Waals surface area contributed by atoms with Crippen LogP contribution in [0.5, 0.6) is 5.75 Å². The van der Waals surface area contributed by atoms with Gasteiger partial charge < -0.3 is 9.30 Å². The number of carbonyl (C=O) groups excluding carboxylic acids is 2. The van der Waals surface area contributed by atoms with Crippen molar-refractivity contribution in [2.45, 2.75) is 47.2 Å². The number of fused-ring (bicyclic) bond motifs is 2. The van der Waals surface area contributed by atoms with Gasteiger partial charge in [0.2, 0.25) is 4.80 Å². The molecule has 0 radical (unpaired) electrons. The molecular weight excluding hydrogens is 581 g/mol. The lowest BCUT2D eigenvalue weighted by Gasteiger charge is -2.28. The van der Waals surface area contributed by atoms with E-state index in [0.29, 0.717) is 34.4 Å². The molecule has 0 unspecified atom stereocenters. The Morgan fingerprint density at radius 1 is 1.21 bits per heavy atom. The molecule has 12 heteroatoms. The van der Waals surface area contributed by atoms with E-state index in [4.69, 9.17) is 27.6 Å². The minimum absolute atomic E-state index is 0.00687. The van der Waals surface area contributed by atoms with Crippen LogP contribution in [0.4, 0.5) is 15.8 Å². The first-order valence-corrected chi connectivity index (χ1v) is 14.5. The number of aromatic nitrogens is 2. The number of rotatable bonds is 4. The topological polar surface area (TPSA) is 89.3 Å². The van der Waals surface area contributed by atoms with Crippen LogP contribution < -0.4 is 14.4 Å². The number of anilines is 1. The third-order valence-electron chi connectivity index (χ3n) is 7.09. The van der Waals surface area contributed by atoms with Gasteiger partial charge in [0.1, 0.15) is 17.3 Å². The number of hydrogen-bond acceptors (Lipinski definition) is 7. The van der Waals surface area contributed by atoms with Crippen LogP contribution in [0, 0.1) is 29.0 Å². The van der Waals surface area contributed by atoms with Crippen LogP contribution in [0.2, 0.25) is 5.02 Å². The van der Waals surface area contributed by atoms with E-state index in [1.165, 1.54) is 33.6 Å². The Morgan fingerprint density at radius 2 is 1.98 bits per heavy atom. The maximum atomic E-state index is 14.5. The summed E-state index contributed by atoms with van der Waals surface area (Å²) in [5.74, 6) is 2.93. The second-order valence-electron chi connectivity index (χ2n) is 11.8. The van der Waals surface area contributed by atoms with Gasteiger partial charge in [-0.2, -0.15) is 4.37 Å². The molecule has 2 aromatic carbocycles. The Labute approximate surface area is 252 Å². The average Bonchev–Trinajstić information content (AvgIpc) is 3.53. The average molecular weight is 612 g/mol. The molecule has 0 bridgehead atoms. The van der Waals surface area contributed by atoms with E-state index >= 15 is 0 Å². The largest absolute Gasteiger partial charge is 0.481 e. The molecule has 1 saturated heterocycles. The van der Waals surface area contributed by atoms with E-state index in [0.717, 1.165) is 24.4 Å².